The number of alkyl halides is 3. The normalized spacial score (nSPS) is 17.2. The molecule has 0 bridgehead atoms. The average molecular weight is 565 g/mol. The van der Waals surface area contributed by atoms with Crippen LogP contribution in [0.15, 0.2) is 66.2 Å². The molecule has 1 heterocycles. The number of hydrogen-bond donors (Lipinski definition) is 1. The van der Waals surface area contributed by atoms with Crippen LogP contribution in [0.4, 0.5) is 24.5 Å². The Morgan fingerprint density at radius 1 is 1.00 bits per heavy atom. The van der Waals surface area contributed by atoms with Gasteiger partial charge in [-0.1, -0.05) is 41.4 Å². The Labute approximate surface area is 226 Å². The summed E-state index contributed by atoms with van der Waals surface area (Å²) in [5.74, 6) is -2.63. The molecule has 38 heavy (non-hydrogen) atoms. The van der Waals surface area contributed by atoms with Crippen LogP contribution in [-0.2, 0) is 15.8 Å². The first kappa shape index (κ1) is 27.3. The fourth-order valence-electron chi connectivity index (χ4n) is 4.25. The molecule has 6 nitrogen and oxygen atoms in total. The molecule has 0 saturated carbocycles. The Kier molecular flexibility index (Phi) is 7.36. The van der Waals surface area contributed by atoms with E-state index in [1.165, 1.54) is 25.3 Å². The van der Waals surface area contributed by atoms with Crippen LogP contribution in [0.1, 0.15) is 22.7 Å². The number of aliphatic hydroxyl groups excluding tert-OH is 1. The van der Waals surface area contributed by atoms with Gasteiger partial charge in [-0.15, -0.1) is 0 Å². The van der Waals surface area contributed by atoms with Crippen molar-refractivity contribution >= 4 is 52.0 Å². The Hall–Kier alpha value is -3.69. The van der Waals surface area contributed by atoms with E-state index in [4.69, 9.17) is 27.9 Å². The van der Waals surface area contributed by atoms with E-state index in [2.05, 4.69) is 0 Å². The number of benzene rings is 3. The highest BCUT2D eigenvalue weighted by molar-refractivity contribution is 6.51. The van der Waals surface area contributed by atoms with Gasteiger partial charge < -0.3 is 14.7 Å². The van der Waals surface area contributed by atoms with Crippen LogP contribution in [0.3, 0.4) is 0 Å². The summed E-state index contributed by atoms with van der Waals surface area (Å²) in [7, 11) is 4.99. The van der Waals surface area contributed by atoms with Crippen molar-refractivity contribution < 1.29 is 32.6 Å². The van der Waals surface area contributed by atoms with Gasteiger partial charge in [-0.05, 0) is 48.0 Å². The number of nitrogens with zero attached hydrogens (tertiary/aromatic N) is 2. The van der Waals surface area contributed by atoms with E-state index in [0.717, 1.165) is 28.8 Å². The summed E-state index contributed by atoms with van der Waals surface area (Å²) in [5, 5.41) is 11.4. The van der Waals surface area contributed by atoms with Crippen LogP contribution in [-0.4, -0.2) is 38.0 Å². The lowest BCUT2D eigenvalue weighted by molar-refractivity contribution is -0.137. The molecule has 0 aliphatic carbocycles. The SMILES string of the molecule is COc1c(Cl)cc(/C(O)=C2\C(=O)C(=O)N(c3cccc(C(F)(F)F)c3)C2c2ccc(N(C)C)cc2)cc1Cl. The molecular formula is C27H21Cl2F3N2O4. The molecule has 11 heteroatoms. The number of hydrogen-bond acceptors (Lipinski definition) is 5. The van der Waals surface area contributed by atoms with Gasteiger partial charge in [0.25, 0.3) is 11.7 Å². The molecule has 1 saturated heterocycles. The van der Waals surface area contributed by atoms with Crippen LogP contribution in [0.2, 0.25) is 10.0 Å². The van der Waals surface area contributed by atoms with Gasteiger partial charge in [-0.3, -0.25) is 14.5 Å². The third kappa shape index (κ3) is 4.91. The third-order valence-electron chi connectivity index (χ3n) is 6.10. The van der Waals surface area contributed by atoms with Crippen LogP contribution < -0.4 is 14.5 Å². The molecule has 0 spiro atoms. The van der Waals surface area contributed by atoms with E-state index >= 15 is 0 Å². The summed E-state index contributed by atoms with van der Waals surface area (Å²) < 4.78 is 45.5. The number of rotatable bonds is 5. The van der Waals surface area contributed by atoms with Crippen molar-refractivity contribution in [2.45, 2.75) is 12.2 Å². The minimum atomic E-state index is -4.68. The van der Waals surface area contributed by atoms with Crippen LogP contribution in [0.25, 0.3) is 5.76 Å². The average Bonchev–Trinajstić information content (AvgIpc) is 3.13. The number of carbonyl (C=O) groups is 2. The Balaban J connectivity index is 1.96. The number of ketones is 1. The molecule has 1 aliphatic heterocycles. The van der Waals surface area contributed by atoms with Crippen molar-refractivity contribution in [2.24, 2.45) is 0 Å². The summed E-state index contributed by atoms with van der Waals surface area (Å²) in [4.78, 5) is 29.4. The van der Waals surface area contributed by atoms with Gasteiger partial charge in [-0.25, -0.2) is 0 Å². The van der Waals surface area contributed by atoms with E-state index in [0.29, 0.717) is 5.56 Å². The van der Waals surface area contributed by atoms with Gasteiger partial charge in [0, 0.05) is 31.0 Å². The monoisotopic (exact) mass is 564 g/mol. The predicted octanol–water partition coefficient (Wildman–Crippen LogP) is 6.71. The maximum absolute atomic E-state index is 13.5. The number of anilines is 2. The Morgan fingerprint density at radius 3 is 2.13 bits per heavy atom. The lowest BCUT2D eigenvalue weighted by atomic mass is 9.94. The molecule has 1 aliphatic rings. The quantitative estimate of drug-likeness (QED) is 0.212. The number of aliphatic hydroxyl groups is 1. The summed E-state index contributed by atoms with van der Waals surface area (Å²) in [6.07, 6.45) is -4.68. The highest BCUT2D eigenvalue weighted by Gasteiger charge is 2.47. The molecule has 198 valence electrons. The van der Waals surface area contributed by atoms with Crippen molar-refractivity contribution in [1.82, 2.24) is 0 Å². The first-order chi connectivity index (χ1) is 17.8. The van der Waals surface area contributed by atoms with Crippen LogP contribution >= 0.6 is 23.2 Å². The molecule has 0 aromatic heterocycles. The van der Waals surface area contributed by atoms with E-state index in [1.807, 2.05) is 19.0 Å². The first-order valence-corrected chi connectivity index (χ1v) is 11.9. The molecule has 3 aromatic carbocycles. The second-order valence-electron chi connectivity index (χ2n) is 8.68. The van der Waals surface area contributed by atoms with Gasteiger partial charge in [0.1, 0.15) is 5.76 Å². The summed E-state index contributed by atoms with van der Waals surface area (Å²) >= 11 is 12.4. The molecule has 3 aromatic rings. The molecule has 0 radical (unpaired) electrons. The van der Waals surface area contributed by atoms with Gasteiger partial charge in [-0.2, -0.15) is 13.2 Å². The third-order valence-corrected chi connectivity index (χ3v) is 6.66. The van der Waals surface area contributed by atoms with Crippen LogP contribution in [0, 0.1) is 0 Å². The molecule has 1 N–H and O–H groups in total. The molecule has 1 amide bonds. The van der Waals surface area contributed by atoms with Crippen molar-refractivity contribution in [1.29, 1.82) is 0 Å². The summed E-state index contributed by atoms with van der Waals surface area (Å²) in [5.41, 5.74) is -0.265. The van der Waals surface area contributed by atoms with Gasteiger partial charge >= 0.3 is 6.18 Å². The fourth-order valence-corrected chi connectivity index (χ4v) is 4.89. The minimum Gasteiger partial charge on any atom is -0.507 e. The topological polar surface area (TPSA) is 70.1 Å². The number of methoxy groups -OCH3 is 1. The largest absolute Gasteiger partial charge is 0.507 e. The van der Waals surface area contributed by atoms with Gasteiger partial charge in [0.05, 0.1) is 34.3 Å². The molecule has 1 fully saturated rings. The molecular weight excluding hydrogens is 544 g/mol. The number of halogens is 5. The lowest BCUT2D eigenvalue weighted by Gasteiger charge is -2.26. The summed E-state index contributed by atoms with van der Waals surface area (Å²) in [6, 6.07) is 12.2. The predicted molar refractivity (Wildman–Crippen MR) is 140 cm³/mol. The van der Waals surface area contributed by atoms with E-state index < -0.39 is 35.2 Å². The zero-order valence-corrected chi connectivity index (χ0v) is 21.8. The molecule has 1 unspecified atom stereocenters. The smallest absolute Gasteiger partial charge is 0.416 e. The number of carbonyl (C=O) groups excluding carboxylic acids is 2. The molecule has 4 rings (SSSR count). The number of ether oxygens (including phenoxy) is 1. The molecule has 1 atom stereocenters. The van der Waals surface area contributed by atoms with E-state index in [-0.39, 0.29) is 32.6 Å². The van der Waals surface area contributed by atoms with Crippen molar-refractivity contribution in [3.8, 4) is 5.75 Å². The van der Waals surface area contributed by atoms with E-state index in [9.17, 15) is 27.9 Å². The van der Waals surface area contributed by atoms with Crippen LogP contribution in [0.5, 0.6) is 5.75 Å². The van der Waals surface area contributed by atoms with E-state index in [1.54, 1.807) is 24.3 Å². The van der Waals surface area contributed by atoms with Crippen molar-refractivity contribution in [3.63, 3.8) is 0 Å². The second kappa shape index (κ2) is 10.2. The zero-order valence-electron chi connectivity index (χ0n) is 20.3. The highest BCUT2D eigenvalue weighted by atomic mass is 35.5. The van der Waals surface area contributed by atoms with Gasteiger partial charge in [0.2, 0.25) is 0 Å². The van der Waals surface area contributed by atoms with Crippen molar-refractivity contribution in [2.75, 3.05) is 31.0 Å². The van der Waals surface area contributed by atoms with Crippen molar-refractivity contribution in [3.05, 3.63) is 93.0 Å². The maximum atomic E-state index is 13.5. The first-order valence-electron chi connectivity index (χ1n) is 11.1. The maximum Gasteiger partial charge on any atom is 0.416 e. The number of Topliss-reactive ketones (excluding diaryl/α,β-unsaturated/α-hetero) is 1. The Morgan fingerprint density at radius 2 is 1.61 bits per heavy atom. The summed E-state index contributed by atoms with van der Waals surface area (Å²) in [6.45, 7) is 0. The highest BCUT2D eigenvalue weighted by Crippen LogP contribution is 2.45. The second-order valence-corrected chi connectivity index (χ2v) is 9.49. The van der Waals surface area contributed by atoms with Gasteiger partial charge in [0.15, 0.2) is 5.75 Å². The Bertz CT molecular complexity index is 1430. The number of amides is 1. The minimum absolute atomic E-state index is 0.0257. The fraction of sp³-hybridized carbons (Fsp3) is 0.185. The lowest BCUT2D eigenvalue weighted by Crippen LogP contribution is -2.29. The standard InChI is InChI=1S/C27H21Cl2F3N2O4/c1-33(2)17-9-7-14(8-10-17)22-21(23(35)15-11-19(28)25(38-3)20(29)12-15)24(36)26(37)34(22)18-6-4-5-16(13-18)27(30,31)32/h4-13,22,35H,1-3H3/b23-21+. The zero-order chi connectivity index (χ0) is 27.9.